The van der Waals surface area contributed by atoms with Gasteiger partial charge in [0.15, 0.2) is 11.2 Å². The fraction of sp³-hybridized carbons (Fsp3) is 0.300. The van der Waals surface area contributed by atoms with E-state index >= 15 is 0 Å². The third-order valence-electron chi connectivity index (χ3n) is 2.56. The summed E-state index contributed by atoms with van der Waals surface area (Å²) in [6.45, 7) is 2.31. The number of hydrogen-bond acceptors (Lipinski definition) is 4. The molecule has 0 aliphatic heterocycles. The average Bonchev–Trinajstić information content (AvgIpc) is 2.61. The lowest BCUT2D eigenvalue weighted by molar-refractivity contribution is 0.820. The van der Waals surface area contributed by atoms with Gasteiger partial charge in [-0.1, -0.05) is 12.2 Å². The number of nitrogens with one attached hydrogen (secondary N) is 1. The predicted molar refractivity (Wildman–Crippen MR) is 64.8 cm³/mol. The van der Waals surface area contributed by atoms with Gasteiger partial charge in [-0.05, 0) is 6.92 Å². The molecule has 0 spiro atoms. The van der Waals surface area contributed by atoms with Crippen LogP contribution in [0.15, 0.2) is 21.7 Å². The number of fused-ring (bicyclic) bond motifs is 1. The summed E-state index contributed by atoms with van der Waals surface area (Å²) in [6.07, 6.45) is 3.70. The number of imidazole rings is 1. The fourth-order valence-corrected chi connectivity index (χ4v) is 1.65. The van der Waals surface area contributed by atoms with Gasteiger partial charge in [-0.2, -0.15) is 4.98 Å². The number of aromatic nitrogens is 4. The molecule has 2 heterocycles. The molecule has 2 aromatic heterocycles. The predicted octanol–water partition coefficient (Wildman–Crippen LogP) is -0.418. The lowest BCUT2D eigenvalue weighted by Crippen LogP contribution is -2.29. The Morgan fingerprint density at radius 1 is 1.47 bits per heavy atom. The molecule has 0 bridgehead atoms. The molecule has 2 rings (SSSR count). The molecule has 2 aromatic rings. The first-order chi connectivity index (χ1) is 8.06. The zero-order valence-electron chi connectivity index (χ0n) is 9.60. The monoisotopic (exact) mass is 235 g/mol. The Kier molecular flexibility index (Phi) is 2.58. The molecule has 3 N–H and O–H groups in total. The van der Waals surface area contributed by atoms with Crippen LogP contribution >= 0.6 is 0 Å². The Hall–Kier alpha value is -2.31. The number of nitrogen functional groups attached to an aromatic ring is 1. The highest BCUT2D eigenvalue weighted by Gasteiger charge is 2.14. The molecule has 0 saturated heterocycles. The van der Waals surface area contributed by atoms with Crippen LogP contribution in [0, 0.1) is 0 Å². The highest BCUT2D eigenvalue weighted by Crippen LogP contribution is 2.11. The molecule has 0 amide bonds. The number of nitrogens with zero attached hydrogens (tertiary/aromatic N) is 3. The van der Waals surface area contributed by atoms with Gasteiger partial charge in [-0.25, -0.2) is 4.79 Å². The maximum Gasteiger partial charge on any atom is 0.329 e. The van der Waals surface area contributed by atoms with Gasteiger partial charge < -0.3 is 10.3 Å². The van der Waals surface area contributed by atoms with E-state index in [1.54, 1.807) is 4.57 Å². The Bertz CT molecular complexity index is 704. The number of hydrogen-bond donors (Lipinski definition) is 2. The van der Waals surface area contributed by atoms with Gasteiger partial charge in [-0.15, -0.1) is 0 Å². The normalized spacial score (nSPS) is 11.6. The number of aromatic amines is 1. The highest BCUT2D eigenvalue weighted by atomic mass is 16.2. The molecule has 17 heavy (non-hydrogen) atoms. The van der Waals surface area contributed by atoms with E-state index in [4.69, 9.17) is 5.73 Å². The fourth-order valence-electron chi connectivity index (χ4n) is 1.65. The molecule has 0 saturated carbocycles. The first-order valence-corrected chi connectivity index (χ1v) is 5.12. The third kappa shape index (κ3) is 1.65. The number of rotatable bonds is 2. The van der Waals surface area contributed by atoms with Gasteiger partial charge in [0.2, 0.25) is 5.95 Å². The SMILES string of the molecule is C/C=C/Cn1c(N)nc2c1c(=O)[nH]c(=O)n2C. The van der Waals surface area contributed by atoms with Crippen LogP contribution in [0.25, 0.3) is 11.2 Å². The highest BCUT2D eigenvalue weighted by molar-refractivity contribution is 5.73. The van der Waals surface area contributed by atoms with E-state index in [1.807, 2.05) is 19.1 Å². The van der Waals surface area contributed by atoms with Crippen molar-refractivity contribution in [2.24, 2.45) is 7.05 Å². The van der Waals surface area contributed by atoms with Crippen molar-refractivity contribution in [2.45, 2.75) is 13.5 Å². The van der Waals surface area contributed by atoms with E-state index in [0.717, 1.165) is 0 Å². The van der Waals surface area contributed by atoms with Crippen LogP contribution in [-0.2, 0) is 13.6 Å². The summed E-state index contributed by atoms with van der Waals surface area (Å²) in [5.41, 5.74) is 5.36. The van der Waals surface area contributed by atoms with Crippen molar-refractivity contribution in [3.63, 3.8) is 0 Å². The van der Waals surface area contributed by atoms with Crippen molar-refractivity contribution in [1.82, 2.24) is 19.1 Å². The summed E-state index contributed by atoms with van der Waals surface area (Å²) in [7, 11) is 1.53. The standard InChI is InChI=1S/C10H13N5O2/c1-3-4-5-15-6-7(12-9(15)11)14(2)10(17)13-8(6)16/h3-4H,5H2,1-2H3,(H2,11,12)(H,13,16,17)/b4-3+. The molecule has 0 atom stereocenters. The van der Waals surface area contributed by atoms with Crippen molar-refractivity contribution >= 4 is 17.1 Å². The summed E-state index contributed by atoms with van der Waals surface area (Å²) in [4.78, 5) is 29.4. The minimum atomic E-state index is -0.502. The maximum absolute atomic E-state index is 11.7. The van der Waals surface area contributed by atoms with Gasteiger partial charge in [-0.3, -0.25) is 14.3 Å². The van der Waals surface area contributed by atoms with E-state index in [0.29, 0.717) is 17.7 Å². The van der Waals surface area contributed by atoms with Crippen LogP contribution in [0.4, 0.5) is 5.95 Å². The Morgan fingerprint density at radius 3 is 2.82 bits per heavy atom. The van der Waals surface area contributed by atoms with Gasteiger partial charge in [0.25, 0.3) is 5.56 Å². The Balaban J connectivity index is 2.87. The summed E-state index contributed by atoms with van der Waals surface area (Å²) >= 11 is 0. The van der Waals surface area contributed by atoms with Crippen molar-refractivity contribution < 1.29 is 0 Å². The largest absolute Gasteiger partial charge is 0.369 e. The summed E-state index contributed by atoms with van der Waals surface area (Å²) in [5, 5.41) is 0. The first kappa shape index (κ1) is 11.2. The lowest BCUT2D eigenvalue weighted by Gasteiger charge is -2.01. The van der Waals surface area contributed by atoms with E-state index in [1.165, 1.54) is 11.6 Å². The summed E-state index contributed by atoms with van der Waals surface area (Å²) < 4.78 is 2.83. The van der Waals surface area contributed by atoms with Crippen LogP contribution in [0.2, 0.25) is 0 Å². The molecule has 0 aliphatic rings. The van der Waals surface area contributed by atoms with E-state index < -0.39 is 11.2 Å². The van der Waals surface area contributed by atoms with Crippen LogP contribution < -0.4 is 17.0 Å². The van der Waals surface area contributed by atoms with Crippen molar-refractivity contribution in [2.75, 3.05) is 5.73 Å². The molecule has 0 unspecified atom stereocenters. The lowest BCUT2D eigenvalue weighted by atomic mass is 10.4. The second kappa shape index (κ2) is 3.93. The second-order valence-corrected chi connectivity index (χ2v) is 3.64. The molecule has 90 valence electrons. The van der Waals surface area contributed by atoms with Crippen LogP contribution in [0.3, 0.4) is 0 Å². The zero-order chi connectivity index (χ0) is 12.6. The topological polar surface area (TPSA) is 98.7 Å². The van der Waals surface area contributed by atoms with Crippen molar-refractivity contribution in [1.29, 1.82) is 0 Å². The molecule has 0 aliphatic carbocycles. The van der Waals surface area contributed by atoms with E-state index in [-0.39, 0.29) is 5.95 Å². The first-order valence-electron chi connectivity index (χ1n) is 5.12. The van der Waals surface area contributed by atoms with Gasteiger partial charge in [0.1, 0.15) is 0 Å². The number of H-pyrrole nitrogens is 1. The Morgan fingerprint density at radius 2 is 2.18 bits per heavy atom. The van der Waals surface area contributed by atoms with Crippen molar-refractivity contribution in [3.8, 4) is 0 Å². The molecule has 7 nitrogen and oxygen atoms in total. The number of anilines is 1. The van der Waals surface area contributed by atoms with Crippen LogP contribution in [-0.4, -0.2) is 19.1 Å². The number of aryl methyl sites for hydroxylation is 1. The van der Waals surface area contributed by atoms with E-state index in [2.05, 4.69) is 9.97 Å². The number of allylic oxidation sites excluding steroid dienone is 2. The molecule has 0 aromatic carbocycles. The smallest absolute Gasteiger partial charge is 0.329 e. The third-order valence-corrected chi connectivity index (χ3v) is 2.56. The van der Waals surface area contributed by atoms with Crippen molar-refractivity contribution in [3.05, 3.63) is 33.0 Å². The van der Waals surface area contributed by atoms with E-state index in [9.17, 15) is 9.59 Å². The van der Waals surface area contributed by atoms with Gasteiger partial charge in [0, 0.05) is 13.6 Å². The molecule has 0 radical (unpaired) electrons. The molecule has 7 heteroatoms. The van der Waals surface area contributed by atoms with Crippen LogP contribution in [0.1, 0.15) is 6.92 Å². The summed E-state index contributed by atoms with van der Waals surface area (Å²) in [5.74, 6) is 0.213. The van der Waals surface area contributed by atoms with Gasteiger partial charge in [0.05, 0.1) is 0 Å². The minimum Gasteiger partial charge on any atom is -0.369 e. The molecular weight excluding hydrogens is 222 g/mol. The van der Waals surface area contributed by atoms with Gasteiger partial charge >= 0.3 is 5.69 Å². The quantitative estimate of drug-likeness (QED) is 0.691. The minimum absolute atomic E-state index is 0.213. The summed E-state index contributed by atoms with van der Waals surface area (Å²) in [6, 6.07) is 0. The molecular formula is C10H13N5O2. The number of nitrogens with two attached hydrogens (primary N) is 1. The average molecular weight is 235 g/mol. The Labute approximate surface area is 96.2 Å². The van der Waals surface area contributed by atoms with Crippen LogP contribution in [0.5, 0.6) is 0 Å². The maximum atomic E-state index is 11.7. The molecule has 0 fully saturated rings. The second-order valence-electron chi connectivity index (χ2n) is 3.64. The zero-order valence-corrected chi connectivity index (χ0v) is 9.60.